The van der Waals surface area contributed by atoms with Crippen molar-refractivity contribution in [1.29, 1.82) is 0 Å². The summed E-state index contributed by atoms with van der Waals surface area (Å²) in [5, 5.41) is 10.7. The van der Waals surface area contributed by atoms with Gasteiger partial charge in [-0.2, -0.15) is 5.10 Å². The Kier molecular flexibility index (Phi) is 7.77. The highest BCUT2D eigenvalue weighted by Gasteiger charge is 2.03. The van der Waals surface area contributed by atoms with Crippen LogP contribution in [0.2, 0.25) is 0 Å². The molecule has 8 nitrogen and oxygen atoms in total. The van der Waals surface area contributed by atoms with Crippen molar-refractivity contribution in [3.05, 3.63) is 60.1 Å². The van der Waals surface area contributed by atoms with E-state index in [2.05, 4.69) is 30.7 Å². The summed E-state index contributed by atoms with van der Waals surface area (Å²) in [4.78, 5) is 13.4. The van der Waals surface area contributed by atoms with Crippen molar-refractivity contribution >= 4 is 29.9 Å². The molecule has 3 rings (SSSR count). The van der Waals surface area contributed by atoms with Crippen molar-refractivity contribution in [2.75, 3.05) is 6.54 Å². The summed E-state index contributed by atoms with van der Waals surface area (Å²) in [6.07, 6.45) is 7.31. The lowest BCUT2D eigenvalue weighted by atomic mass is 10.3. The highest BCUT2D eigenvalue weighted by atomic mass is 127. The molecule has 2 N–H and O–H groups in total. The molecule has 3 aromatic rings. The number of guanidine groups is 1. The zero-order valence-electron chi connectivity index (χ0n) is 15.8. The average molecular weight is 480 g/mol. The molecular formula is C18H25IN8. The largest absolute Gasteiger partial charge is 0.357 e. The van der Waals surface area contributed by atoms with Gasteiger partial charge in [-0.25, -0.2) is 15.0 Å². The number of hydrogen-bond donors (Lipinski definition) is 2. The van der Waals surface area contributed by atoms with Crippen LogP contribution in [-0.4, -0.2) is 36.8 Å². The van der Waals surface area contributed by atoms with E-state index in [9.17, 15) is 0 Å². The quantitative estimate of drug-likeness (QED) is 0.321. The monoisotopic (exact) mass is 480 g/mol. The number of pyridine rings is 1. The second-order valence-corrected chi connectivity index (χ2v) is 5.86. The minimum atomic E-state index is 0. The van der Waals surface area contributed by atoms with Crippen LogP contribution in [-0.2, 0) is 20.1 Å². The average Bonchev–Trinajstić information content (AvgIpc) is 3.26. The van der Waals surface area contributed by atoms with Crippen LogP contribution in [0.5, 0.6) is 0 Å². The van der Waals surface area contributed by atoms with E-state index in [1.807, 2.05) is 60.7 Å². The highest BCUT2D eigenvalue weighted by Crippen LogP contribution is 2.09. The molecule has 0 radical (unpaired) electrons. The highest BCUT2D eigenvalue weighted by molar-refractivity contribution is 14.0. The summed E-state index contributed by atoms with van der Waals surface area (Å²) < 4.78 is 3.80. The van der Waals surface area contributed by atoms with Crippen molar-refractivity contribution in [2.45, 2.75) is 26.9 Å². The van der Waals surface area contributed by atoms with E-state index in [0.29, 0.717) is 13.1 Å². The van der Waals surface area contributed by atoms with Crippen LogP contribution < -0.4 is 10.6 Å². The van der Waals surface area contributed by atoms with E-state index in [4.69, 9.17) is 0 Å². The fourth-order valence-corrected chi connectivity index (χ4v) is 2.53. The molecule has 0 saturated carbocycles. The number of nitrogens with one attached hydrogen (secondary N) is 2. The number of halogens is 1. The SMILES string of the molecule is CCNC(=NCc1ccc(-n2ccnc2C)nc1)NCc1ccnn1C.I. The van der Waals surface area contributed by atoms with E-state index < -0.39 is 0 Å². The van der Waals surface area contributed by atoms with Gasteiger partial charge in [0.25, 0.3) is 0 Å². The van der Waals surface area contributed by atoms with Gasteiger partial charge in [0, 0.05) is 38.4 Å². The van der Waals surface area contributed by atoms with Crippen LogP contribution in [0.15, 0.2) is 48.0 Å². The third kappa shape index (κ3) is 5.52. The fraction of sp³-hybridized carbons (Fsp3) is 0.333. The normalized spacial score (nSPS) is 11.1. The second kappa shape index (κ2) is 10.0. The number of aryl methyl sites for hydroxylation is 2. The molecular weight excluding hydrogens is 455 g/mol. The molecule has 9 heteroatoms. The van der Waals surface area contributed by atoms with E-state index in [0.717, 1.165) is 35.4 Å². The lowest BCUT2D eigenvalue weighted by molar-refractivity contribution is 0.685. The van der Waals surface area contributed by atoms with E-state index in [-0.39, 0.29) is 24.0 Å². The maximum absolute atomic E-state index is 4.63. The first-order valence-corrected chi connectivity index (χ1v) is 8.61. The van der Waals surface area contributed by atoms with Gasteiger partial charge in [-0.3, -0.25) is 9.25 Å². The molecule has 3 heterocycles. The van der Waals surface area contributed by atoms with Crippen LogP contribution in [0.4, 0.5) is 0 Å². The molecule has 0 saturated heterocycles. The molecule has 0 aliphatic carbocycles. The van der Waals surface area contributed by atoms with Gasteiger partial charge in [-0.15, -0.1) is 24.0 Å². The maximum atomic E-state index is 4.63. The van der Waals surface area contributed by atoms with Gasteiger partial charge in [-0.05, 0) is 31.5 Å². The lowest BCUT2D eigenvalue weighted by Gasteiger charge is -2.11. The number of aromatic nitrogens is 5. The van der Waals surface area contributed by atoms with Crippen molar-refractivity contribution in [1.82, 2.24) is 34.9 Å². The molecule has 3 aromatic heterocycles. The van der Waals surface area contributed by atoms with Crippen LogP contribution in [0.25, 0.3) is 5.82 Å². The molecule has 0 bridgehead atoms. The zero-order chi connectivity index (χ0) is 18.4. The van der Waals surface area contributed by atoms with Crippen LogP contribution >= 0.6 is 24.0 Å². The van der Waals surface area contributed by atoms with E-state index >= 15 is 0 Å². The van der Waals surface area contributed by atoms with Crippen molar-refractivity contribution < 1.29 is 0 Å². The Morgan fingerprint density at radius 2 is 2.00 bits per heavy atom. The van der Waals surface area contributed by atoms with Crippen LogP contribution in [0, 0.1) is 6.92 Å². The molecule has 0 atom stereocenters. The van der Waals surface area contributed by atoms with Crippen LogP contribution in [0.1, 0.15) is 24.0 Å². The van der Waals surface area contributed by atoms with Crippen molar-refractivity contribution in [3.8, 4) is 5.82 Å². The standard InChI is InChI=1S/C18H24N8.HI/c1-4-19-18(23-13-16-7-8-24-25(16)3)22-12-15-5-6-17(21-11-15)26-10-9-20-14(26)2;/h5-11H,4,12-13H2,1-3H3,(H2,19,22,23);1H. The molecule has 0 amide bonds. The first-order chi connectivity index (χ1) is 12.7. The Labute approximate surface area is 176 Å². The number of nitrogens with zero attached hydrogens (tertiary/aromatic N) is 6. The number of imidazole rings is 1. The Bertz CT molecular complexity index is 866. The molecule has 0 spiro atoms. The van der Waals surface area contributed by atoms with Gasteiger partial charge in [-0.1, -0.05) is 6.07 Å². The minimum Gasteiger partial charge on any atom is -0.357 e. The molecule has 0 aromatic carbocycles. The summed E-state index contributed by atoms with van der Waals surface area (Å²) in [6, 6.07) is 6.00. The van der Waals surface area contributed by atoms with Gasteiger partial charge in [0.15, 0.2) is 5.96 Å². The topological polar surface area (TPSA) is 84.9 Å². The molecule has 0 aliphatic heterocycles. The predicted molar refractivity (Wildman–Crippen MR) is 116 cm³/mol. The first-order valence-electron chi connectivity index (χ1n) is 8.61. The van der Waals surface area contributed by atoms with Gasteiger partial charge in [0.05, 0.1) is 18.8 Å². The summed E-state index contributed by atoms with van der Waals surface area (Å²) in [5.41, 5.74) is 2.14. The summed E-state index contributed by atoms with van der Waals surface area (Å²) >= 11 is 0. The Morgan fingerprint density at radius 1 is 1.15 bits per heavy atom. The molecule has 27 heavy (non-hydrogen) atoms. The van der Waals surface area contributed by atoms with Gasteiger partial charge >= 0.3 is 0 Å². The van der Waals surface area contributed by atoms with E-state index in [1.54, 1.807) is 12.4 Å². The van der Waals surface area contributed by atoms with Gasteiger partial charge in [0.2, 0.25) is 0 Å². The second-order valence-electron chi connectivity index (χ2n) is 5.86. The van der Waals surface area contributed by atoms with Crippen molar-refractivity contribution in [3.63, 3.8) is 0 Å². The summed E-state index contributed by atoms with van der Waals surface area (Å²) in [5.74, 6) is 2.54. The number of aliphatic imine (C=N–C) groups is 1. The maximum Gasteiger partial charge on any atom is 0.191 e. The smallest absolute Gasteiger partial charge is 0.191 e. The predicted octanol–water partition coefficient (Wildman–Crippen LogP) is 2.18. The first kappa shape index (κ1) is 20.9. The van der Waals surface area contributed by atoms with Crippen molar-refractivity contribution in [2.24, 2.45) is 12.0 Å². The number of rotatable bonds is 6. The van der Waals surface area contributed by atoms with Crippen LogP contribution in [0.3, 0.4) is 0 Å². The molecule has 0 aliphatic rings. The zero-order valence-corrected chi connectivity index (χ0v) is 18.1. The summed E-state index contributed by atoms with van der Waals surface area (Å²) in [7, 11) is 1.93. The van der Waals surface area contributed by atoms with E-state index in [1.165, 1.54) is 0 Å². The number of hydrogen-bond acceptors (Lipinski definition) is 4. The molecule has 0 fully saturated rings. The Morgan fingerprint density at radius 3 is 2.59 bits per heavy atom. The minimum absolute atomic E-state index is 0. The third-order valence-electron chi connectivity index (χ3n) is 4.01. The Hall–Kier alpha value is -2.43. The Balaban J connectivity index is 0.00000261. The van der Waals surface area contributed by atoms with Gasteiger partial charge in [0.1, 0.15) is 11.6 Å². The molecule has 144 valence electrons. The lowest BCUT2D eigenvalue weighted by Crippen LogP contribution is -2.37. The third-order valence-corrected chi connectivity index (χ3v) is 4.01. The summed E-state index contributed by atoms with van der Waals surface area (Å²) in [6.45, 7) is 6.02. The van der Waals surface area contributed by atoms with Gasteiger partial charge < -0.3 is 10.6 Å². The fourth-order valence-electron chi connectivity index (χ4n) is 2.53. The molecule has 0 unspecified atom stereocenters.